The average molecular weight is 383 g/mol. The third-order valence-corrected chi connectivity index (χ3v) is 5.47. The van der Waals surface area contributed by atoms with Gasteiger partial charge in [-0.15, -0.1) is 0 Å². The number of amides is 1. The van der Waals surface area contributed by atoms with E-state index in [1.807, 2.05) is 0 Å². The molecule has 7 nitrogen and oxygen atoms in total. The topological polar surface area (TPSA) is 90.3 Å². The van der Waals surface area contributed by atoms with Gasteiger partial charge in [0.25, 0.3) is 15.9 Å². The second kappa shape index (κ2) is 7.46. The molecule has 0 aliphatic rings. The fourth-order valence-electron chi connectivity index (χ4n) is 2.34. The van der Waals surface area contributed by atoms with Gasteiger partial charge in [0.2, 0.25) is 0 Å². The number of carbonyl (C=O) groups is 1. The molecular formula is C19H17N3O4S. The highest BCUT2D eigenvalue weighted by molar-refractivity contribution is 7.90. The van der Waals surface area contributed by atoms with Crippen LogP contribution in [0.25, 0.3) is 5.76 Å². The van der Waals surface area contributed by atoms with Gasteiger partial charge in [-0.3, -0.25) is 9.78 Å². The fraction of sp³-hybridized carbons (Fsp3) is 0.0526. The van der Waals surface area contributed by atoms with Crippen molar-refractivity contribution in [1.29, 1.82) is 0 Å². The van der Waals surface area contributed by atoms with Gasteiger partial charge < -0.3 is 10.1 Å². The SMILES string of the molecule is C=C(OC)c1ccc(S(=O)(=O)n2ccc(NC(=O)c3ccccn3)c2)cc1. The lowest BCUT2D eigenvalue weighted by molar-refractivity contribution is 0.102. The number of hydrogen-bond donors (Lipinski definition) is 1. The lowest BCUT2D eigenvalue weighted by Gasteiger charge is -2.08. The summed E-state index contributed by atoms with van der Waals surface area (Å²) in [5, 5.41) is 2.62. The van der Waals surface area contributed by atoms with Crippen LogP contribution in [0.2, 0.25) is 0 Å². The molecule has 0 fully saturated rings. The molecule has 3 aromatic rings. The van der Waals surface area contributed by atoms with Gasteiger partial charge in [-0.1, -0.05) is 12.6 Å². The molecular weight excluding hydrogens is 366 g/mol. The van der Waals surface area contributed by atoms with Crippen molar-refractivity contribution in [3.8, 4) is 0 Å². The zero-order valence-corrected chi connectivity index (χ0v) is 15.3. The molecule has 0 spiro atoms. The Bertz CT molecular complexity index is 1070. The lowest BCUT2D eigenvalue weighted by Crippen LogP contribution is -2.14. The van der Waals surface area contributed by atoms with Crippen LogP contribution in [0.1, 0.15) is 16.1 Å². The molecule has 0 atom stereocenters. The molecule has 0 bridgehead atoms. The number of nitrogens with one attached hydrogen (secondary N) is 1. The molecule has 8 heteroatoms. The minimum absolute atomic E-state index is 0.105. The summed E-state index contributed by atoms with van der Waals surface area (Å²) in [6.45, 7) is 3.73. The molecule has 0 unspecified atom stereocenters. The van der Waals surface area contributed by atoms with Crippen molar-refractivity contribution in [3.05, 3.63) is 85.0 Å². The Kier molecular flexibility index (Phi) is 5.09. The number of carbonyl (C=O) groups excluding carboxylic acids is 1. The molecule has 1 aromatic carbocycles. The summed E-state index contributed by atoms with van der Waals surface area (Å²) in [6, 6.07) is 12.6. The first-order valence-electron chi connectivity index (χ1n) is 7.91. The molecule has 0 saturated heterocycles. The van der Waals surface area contributed by atoms with E-state index in [2.05, 4.69) is 16.9 Å². The Balaban J connectivity index is 1.80. The number of nitrogens with zero attached hydrogens (tertiary/aromatic N) is 2. The molecule has 0 aliphatic carbocycles. The second-order valence-electron chi connectivity index (χ2n) is 5.56. The maximum atomic E-state index is 12.7. The van der Waals surface area contributed by atoms with E-state index in [0.29, 0.717) is 17.0 Å². The van der Waals surface area contributed by atoms with Gasteiger partial charge in [0.15, 0.2) is 0 Å². The molecule has 0 aliphatic heterocycles. The summed E-state index contributed by atoms with van der Waals surface area (Å²) < 4.78 is 31.5. The summed E-state index contributed by atoms with van der Waals surface area (Å²) in [5.74, 6) is 0.0209. The standard InChI is InChI=1S/C19H17N3O4S/c1-14(26-2)15-6-8-17(9-7-15)27(24,25)22-12-10-16(13-22)21-19(23)18-5-3-4-11-20-18/h3-13H,1H2,2H3,(H,21,23). The van der Waals surface area contributed by atoms with Gasteiger partial charge in [0.1, 0.15) is 11.5 Å². The van der Waals surface area contributed by atoms with Crippen LogP contribution in [-0.2, 0) is 14.8 Å². The molecule has 2 heterocycles. The Labute approximate surface area is 157 Å². The predicted molar refractivity (Wildman–Crippen MR) is 102 cm³/mol. The highest BCUT2D eigenvalue weighted by Crippen LogP contribution is 2.20. The van der Waals surface area contributed by atoms with Gasteiger partial charge in [0.05, 0.1) is 17.7 Å². The molecule has 2 aromatic heterocycles. The number of hydrogen-bond acceptors (Lipinski definition) is 5. The summed E-state index contributed by atoms with van der Waals surface area (Å²) in [4.78, 5) is 16.2. The van der Waals surface area contributed by atoms with Crippen molar-refractivity contribution < 1.29 is 17.9 Å². The molecule has 0 radical (unpaired) electrons. The van der Waals surface area contributed by atoms with E-state index in [9.17, 15) is 13.2 Å². The highest BCUT2D eigenvalue weighted by Gasteiger charge is 2.18. The van der Waals surface area contributed by atoms with Gasteiger partial charge >= 0.3 is 0 Å². The minimum Gasteiger partial charge on any atom is -0.497 e. The lowest BCUT2D eigenvalue weighted by atomic mass is 10.2. The van der Waals surface area contributed by atoms with Crippen LogP contribution in [0.5, 0.6) is 0 Å². The van der Waals surface area contributed by atoms with Crippen molar-refractivity contribution >= 4 is 27.4 Å². The highest BCUT2D eigenvalue weighted by atomic mass is 32.2. The third-order valence-electron chi connectivity index (χ3n) is 3.82. The molecule has 0 saturated carbocycles. The molecule has 1 N–H and O–H groups in total. The third kappa shape index (κ3) is 3.90. The maximum Gasteiger partial charge on any atom is 0.274 e. The Morgan fingerprint density at radius 3 is 2.52 bits per heavy atom. The first-order valence-corrected chi connectivity index (χ1v) is 9.35. The average Bonchev–Trinajstić information content (AvgIpc) is 3.17. The quantitative estimate of drug-likeness (QED) is 0.661. The number of aromatic nitrogens is 2. The van der Waals surface area contributed by atoms with E-state index in [0.717, 1.165) is 3.97 Å². The number of benzene rings is 1. The van der Waals surface area contributed by atoms with E-state index < -0.39 is 15.9 Å². The van der Waals surface area contributed by atoms with Crippen LogP contribution in [-0.4, -0.2) is 30.4 Å². The van der Waals surface area contributed by atoms with Crippen LogP contribution < -0.4 is 5.32 Å². The Morgan fingerprint density at radius 2 is 1.89 bits per heavy atom. The first-order chi connectivity index (χ1) is 12.9. The van der Waals surface area contributed by atoms with E-state index in [1.54, 1.807) is 30.3 Å². The smallest absolute Gasteiger partial charge is 0.274 e. The Hall–Kier alpha value is -3.39. The zero-order valence-electron chi connectivity index (χ0n) is 14.5. The van der Waals surface area contributed by atoms with Gasteiger partial charge in [0, 0.05) is 24.2 Å². The summed E-state index contributed by atoms with van der Waals surface area (Å²) in [7, 11) is -2.29. The van der Waals surface area contributed by atoms with Crippen LogP contribution in [0.15, 0.2) is 78.6 Å². The predicted octanol–water partition coefficient (Wildman–Crippen LogP) is 2.99. The van der Waals surface area contributed by atoms with Crippen LogP contribution >= 0.6 is 0 Å². The number of pyridine rings is 1. The molecule has 1 amide bonds. The van der Waals surface area contributed by atoms with E-state index >= 15 is 0 Å². The molecule has 3 rings (SSSR count). The van der Waals surface area contributed by atoms with Crippen LogP contribution in [0.4, 0.5) is 5.69 Å². The monoisotopic (exact) mass is 383 g/mol. The van der Waals surface area contributed by atoms with Crippen molar-refractivity contribution in [2.45, 2.75) is 4.90 Å². The first kappa shape index (κ1) is 18.4. The van der Waals surface area contributed by atoms with Crippen LogP contribution in [0, 0.1) is 0 Å². The van der Waals surface area contributed by atoms with Gasteiger partial charge in [-0.25, -0.2) is 12.4 Å². The summed E-state index contributed by atoms with van der Waals surface area (Å²) in [5.41, 5.74) is 1.27. The van der Waals surface area contributed by atoms with E-state index in [4.69, 9.17) is 4.74 Å². The number of ether oxygens (including phenoxy) is 1. The van der Waals surface area contributed by atoms with E-state index in [1.165, 1.54) is 43.9 Å². The van der Waals surface area contributed by atoms with Gasteiger partial charge in [-0.05, 0) is 42.5 Å². The zero-order chi connectivity index (χ0) is 19.4. The number of anilines is 1. The normalized spacial score (nSPS) is 11.0. The van der Waals surface area contributed by atoms with Crippen molar-refractivity contribution in [1.82, 2.24) is 8.96 Å². The number of methoxy groups -OCH3 is 1. The second-order valence-corrected chi connectivity index (χ2v) is 7.40. The largest absolute Gasteiger partial charge is 0.497 e. The Morgan fingerprint density at radius 1 is 1.15 bits per heavy atom. The van der Waals surface area contributed by atoms with Crippen LogP contribution in [0.3, 0.4) is 0 Å². The maximum absolute atomic E-state index is 12.7. The minimum atomic E-state index is -3.79. The van der Waals surface area contributed by atoms with Gasteiger partial charge in [-0.2, -0.15) is 0 Å². The molecule has 27 heavy (non-hydrogen) atoms. The van der Waals surface area contributed by atoms with Crippen molar-refractivity contribution in [3.63, 3.8) is 0 Å². The van der Waals surface area contributed by atoms with E-state index in [-0.39, 0.29) is 10.6 Å². The summed E-state index contributed by atoms with van der Waals surface area (Å²) >= 11 is 0. The van der Waals surface area contributed by atoms with Crippen molar-refractivity contribution in [2.75, 3.05) is 12.4 Å². The molecule has 138 valence electrons. The van der Waals surface area contributed by atoms with Crippen molar-refractivity contribution in [2.24, 2.45) is 0 Å². The summed E-state index contributed by atoms with van der Waals surface area (Å²) in [6.07, 6.45) is 4.20. The number of rotatable bonds is 6. The fourth-order valence-corrected chi connectivity index (χ4v) is 3.54.